The monoisotopic (exact) mass is 285 g/mol. The summed E-state index contributed by atoms with van der Waals surface area (Å²) in [5.41, 5.74) is 0. The van der Waals surface area contributed by atoms with Crippen molar-refractivity contribution in [3.8, 4) is 0 Å². The number of urea groups is 1. The third kappa shape index (κ3) is 4.10. The summed E-state index contributed by atoms with van der Waals surface area (Å²) in [7, 11) is 0. The van der Waals surface area contributed by atoms with Crippen molar-refractivity contribution in [3.05, 3.63) is 0 Å². The number of carbonyl (C=O) groups is 2. The number of hydrogen-bond donors (Lipinski definition) is 2. The first-order chi connectivity index (χ1) is 9.40. The van der Waals surface area contributed by atoms with Crippen LogP contribution in [-0.2, 0) is 4.79 Å². The minimum Gasteiger partial charge on any atom is -0.480 e. The van der Waals surface area contributed by atoms with Gasteiger partial charge in [0.1, 0.15) is 6.04 Å². The highest BCUT2D eigenvalue weighted by Gasteiger charge is 2.32. The average Bonchev–Trinajstić information content (AvgIpc) is 2.86. The van der Waals surface area contributed by atoms with E-state index in [9.17, 15) is 9.59 Å². The first kappa shape index (κ1) is 16.8. The molecule has 0 radical (unpaired) electrons. The fourth-order valence-electron chi connectivity index (χ4n) is 2.70. The zero-order chi connectivity index (χ0) is 15.3. The SMILES string of the molecule is CCN(CC)C1CCN(C(=O)N[C@H](C(=O)O)C(C)C)C1. The molecule has 0 aromatic heterocycles. The molecule has 2 atom stereocenters. The van der Waals surface area contributed by atoms with Crippen molar-refractivity contribution < 1.29 is 14.7 Å². The standard InChI is InChI=1S/C14H27N3O3/c1-5-16(6-2)11-7-8-17(9-11)14(20)15-12(10(3)4)13(18)19/h10-12H,5-9H2,1-4H3,(H,15,20)(H,18,19)/t11?,12-/m0/s1. The molecule has 1 heterocycles. The molecule has 1 unspecified atom stereocenters. The molecular formula is C14H27N3O3. The van der Waals surface area contributed by atoms with E-state index in [0.717, 1.165) is 19.5 Å². The zero-order valence-electron chi connectivity index (χ0n) is 12.9. The van der Waals surface area contributed by atoms with Gasteiger partial charge in [-0.3, -0.25) is 4.90 Å². The maximum Gasteiger partial charge on any atom is 0.326 e. The summed E-state index contributed by atoms with van der Waals surface area (Å²) in [6, 6.07) is -0.700. The van der Waals surface area contributed by atoms with Gasteiger partial charge in [-0.2, -0.15) is 0 Å². The summed E-state index contributed by atoms with van der Waals surface area (Å²) >= 11 is 0. The largest absolute Gasteiger partial charge is 0.480 e. The van der Waals surface area contributed by atoms with Gasteiger partial charge < -0.3 is 15.3 Å². The molecule has 1 saturated heterocycles. The molecule has 1 aliphatic rings. The number of likely N-dealkylation sites (N-methyl/N-ethyl adjacent to an activating group) is 1. The molecule has 1 rings (SSSR count). The molecule has 0 bridgehead atoms. The van der Waals surface area contributed by atoms with Gasteiger partial charge in [0.25, 0.3) is 0 Å². The Hall–Kier alpha value is -1.30. The lowest BCUT2D eigenvalue weighted by Crippen LogP contribution is -2.50. The van der Waals surface area contributed by atoms with Crippen LogP contribution in [0.15, 0.2) is 0 Å². The Kier molecular flexibility index (Phi) is 6.26. The third-order valence-corrected chi connectivity index (χ3v) is 3.99. The molecular weight excluding hydrogens is 258 g/mol. The maximum atomic E-state index is 12.1. The molecule has 0 aromatic rings. The van der Waals surface area contributed by atoms with Crippen molar-refractivity contribution in [1.29, 1.82) is 0 Å². The Balaban J connectivity index is 2.55. The van der Waals surface area contributed by atoms with Gasteiger partial charge in [-0.1, -0.05) is 27.7 Å². The zero-order valence-corrected chi connectivity index (χ0v) is 12.9. The van der Waals surface area contributed by atoms with Crippen molar-refractivity contribution in [2.45, 2.75) is 46.2 Å². The number of hydrogen-bond acceptors (Lipinski definition) is 3. The highest BCUT2D eigenvalue weighted by Crippen LogP contribution is 2.16. The summed E-state index contributed by atoms with van der Waals surface area (Å²) in [5, 5.41) is 11.7. The number of carboxylic acids is 1. The molecule has 6 heteroatoms. The summed E-state index contributed by atoms with van der Waals surface area (Å²) in [4.78, 5) is 27.3. The van der Waals surface area contributed by atoms with Crippen LogP contribution in [0.1, 0.15) is 34.1 Å². The lowest BCUT2D eigenvalue weighted by molar-refractivity contribution is -0.140. The quantitative estimate of drug-likeness (QED) is 0.769. The second-order valence-corrected chi connectivity index (χ2v) is 5.62. The maximum absolute atomic E-state index is 12.1. The van der Waals surface area contributed by atoms with Crippen LogP contribution in [0.5, 0.6) is 0 Å². The number of rotatable bonds is 6. The lowest BCUT2D eigenvalue weighted by atomic mass is 10.1. The molecule has 6 nitrogen and oxygen atoms in total. The Morgan fingerprint density at radius 1 is 1.35 bits per heavy atom. The van der Waals surface area contributed by atoms with Crippen molar-refractivity contribution in [2.24, 2.45) is 5.92 Å². The Morgan fingerprint density at radius 2 is 1.95 bits per heavy atom. The summed E-state index contributed by atoms with van der Waals surface area (Å²) in [5.74, 6) is -1.11. The first-order valence-electron chi connectivity index (χ1n) is 7.42. The molecule has 0 aromatic carbocycles. The van der Waals surface area contributed by atoms with Crippen LogP contribution < -0.4 is 5.32 Å². The average molecular weight is 285 g/mol. The number of carboxylic acid groups (broad SMARTS) is 1. The van der Waals surface area contributed by atoms with Gasteiger partial charge >= 0.3 is 12.0 Å². The number of likely N-dealkylation sites (tertiary alicyclic amines) is 1. The van der Waals surface area contributed by atoms with E-state index in [2.05, 4.69) is 24.1 Å². The van der Waals surface area contributed by atoms with Crippen LogP contribution >= 0.6 is 0 Å². The predicted octanol–water partition coefficient (Wildman–Crippen LogP) is 1.22. The van der Waals surface area contributed by atoms with Crippen molar-refractivity contribution in [1.82, 2.24) is 15.1 Å². The first-order valence-corrected chi connectivity index (χ1v) is 7.42. The molecule has 0 spiro atoms. The second-order valence-electron chi connectivity index (χ2n) is 5.62. The number of carbonyl (C=O) groups excluding carboxylic acids is 1. The van der Waals surface area contributed by atoms with E-state index < -0.39 is 12.0 Å². The fourth-order valence-corrected chi connectivity index (χ4v) is 2.70. The molecule has 2 amide bonds. The van der Waals surface area contributed by atoms with Crippen LogP contribution in [0.25, 0.3) is 0 Å². The summed E-state index contributed by atoms with van der Waals surface area (Å²) in [6.45, 7) is 11.1. The van der Waals surface area contributed by atoms with Gasteiger partial charge in [-0.05, 0) is 25.4 Å². The predicted molar refractivity (Wildman–Crippen MR) is 77.7 cm³/mol. The topological polar surface area (TPSA) is 72.9 Å². The molecule has 1 aliphatic heterocycles. The molecule has 20 heavy (non-hydrogen) atoms. The number of nitrogens with zero attached hydrogens (tertiary/aromatic N) is 2. The number of aliphatic carboxylic acids is 1. The second kappa shape index (κ2) is 7.47. The van der Waals surface area contributed by atoms with E-state index >= 15 is 0 Å². The van der Waals surface area contributed by atoms with Crippen LogP contribution in [0.2, 0.25) is 0 Å². The van der Waals surface area contributed by atoms with E-state index in [1.54, 1.807) is 18.7 Å². The van der Waals surface area contributed by atoms with E-state index in [1.165, 1.54) is 0 Å². The van der Waals surface area contributed by atoms with Gasteiger partial charge in [0.2, 0.25) is 0 Å². The summed E-state index contributed by atoms with van der Waals surface area (Å²) in [6.07, 6.45) is 0.953. The van der Waals surface area contributed by atoms with Gasteiger partial charge in [-0.15, -0.1) is 0 Å². The molecule has 0 aliphatic carbocycles. The van der Waals surface area contributed by atoms with Crippen LogP contribution in [0.4, 0.5) is 4.79 Å². The minimum absolute atomic E-state index is 0.127. The Labute approximate surface area is 121 Å². The normalized spacial score (nSPS) is 20.5. The van der Waals surface area contributed by atoms with E-state index in [0.29, 0.717) is 19.1 Å². The van der Waals surface area contributed by atoms with Gasteiger partial charge in [0.05, 0.1) is 0 Å². The van der Waals surface area contributed by atoms with E-state index in [-0.39, 0.29) is 11.9 Å². The Bertz CT molecular complexity index is 343. The molecule has 116 valence electrons. The number of nitrogens with one attached hydrogen (secondary N) is 1. The molecule has 2 N–H and O–H groups in total. The van der Waals surface area contributed by atoms with Crippen molar-refractivity contribution in [2.75, 3.05) is 26.2 Å². The van der Waals surface area contributed by atoms with Crippen molar-refractivity contribution in [3.63, 3.8) is 0 Å². The highest BCUT2D eigenvalue weighted by molar-refractivity contribution is 5.82. The number of amides is 2. The highest BCUT2D eigenvalue weighted by atomic mass is 16.4. The Morgan fingerprint density at radius 3 is 2.40 bits per heavy atom. The van der Waals surface area contributed by atoms with Crippen LogP contribution in [0.3, 0.4) is 0 Å². The lowest BCUT2D eigenvalue weighted by Gasteiger charge is -2.27. The minimum atomic E-state index is -0.979. The van der Waals surface area contributed by atoms with Crippen LogP contribution in [-0.4, -0.2) is 65.2 Å². The fraction of sp³-hybridized carbons (Fsp3) is 0.857. The van der Waals surface area contributed by atoms with E-state index in [4.69, 9.17) is 5.11 Å². The van der Waals surface area contributed by atoms with E-state index in [1.807, 2.05) is 0 Å². The van der Waals surface area contributed by atoms with Gasteiger partial charge in [0.15, 0.2) is 0 Å². The summed E-state index contributed by atoms with van der Waals surface area (Å²) < 4.78 is 0. The third-order valence-electron chi connectivity index (χ3n) is 3.99. The van der Waals surface area contributed by atoms with Crippen molar-refractivity contribution >= 4 is 12.0 Å². The molecule has 1 fully saturated rings. The van der Waals surface area contributed by atoms with Gasteiger partial charge in [0, 0.05) is 19.1 Å². The van der Waals surface area contributed by atoms with Gasteiger partial charge in [-0.25, -0.2) is 9.59 Å². The molecule has 0 saturated carbocycles. The smallest absolute Gasteiger partial charge is 0.326 e. The van der Waals surface area contributed by atoms with Crippen LogP contribution in [0, 0.1) is 5.92 Å².